The molecule has 6 nitrogen and oxygen atoms in total. The molecular weight excluding hydrogens is 388 g/mol. The average Bonchev–Trinajstić information content (AvgIpc) is 3.44. The number of ether oxygens (including phenoxy) is 1. The van der Waals surface area contributed by atoms with Crippen LogP contribution >= 0.6 is 11.6 Å². The summed E-state index contributed by atoms with van der Waals surface area (Å²) >= 11 is 5.99. The molecule has 140 valence electrons. The predicted octanol–water partition coefficient (Wildman–Crippen LogP) is 3.20. The Balaban J connectivity index is 1.52. The number of fused-ring (bicyclic) bond motifs is 1. The molecule has 0 atom stereocenters. The first-order chi connectivity index (χ1) is 12.9. The molecule has 27 heavy (non-hydrogen) atoms. The summed E-state index contributed by atoms with van der Waals surface area (Å²) in [5.74, 6) is 0.306. The maximum atomic E-state index is 12.6. The smallest absolute Gasteiger partial charge is 0.255 e. The molecule has 0 aromatic heterocycles. The molecule has 0 bridgehead atoms. The van der Waals surface area contributed by atoms with Crippen LogP contribution in [-0.2, 0) is 14.8 Å². The Bertz CT molecular complexity index is 1050. The fourth-order valence-corrected chi connectivity index (χ4v) is 4.25. The van der Waals surface area contributed by atoms with E-state index < -0.39 is 10.0 Å². The van der Waals surface area contributed by atoms with Gasteiger partial charge in [-0.2, -0.15) is 0 Å². The van der Waals surface area contributed by atoms with Crippen molar-refractivity contribution >= 4 is 39.3 Å². The third-order valence-electron chi connectivity index (χ3n) is 4.28. The van der Waals surface area contributed by atoms with Crippen molar-refractivity contribution in [3.63, 3.8) is 0 Å². The summed E-state index contributed by atoms with van der Waals surface area (Å²) in [6, 6.07) is 11.4. The van der Waals surface area contributed by atoms with Gasteiger partial charge in [-0.25, -0.2) is 13.1 Å². The molecule has 2 aliphatic rings. The van der Waals surface area contributed by atoms with E-state index in [4.69, 9.17) is 16.3 Å². The second-order valence-electron chi connectivity index (χ2n) is 6.52. The topological polar surface area (TPSA) is 84.5 Å². The minimum atomic E-state index is -3.58. The van der Waals surface area contributed by atoms with Crippen LogP contribution in [0.2, 0.25) is 5.02 Å². The fraction of sp³-hybridized carbons (Fsp3) is 0.211. The zero-order valence-electron chi connectivity index (χ0n) is 14.2. The molecule has 1 heterocycles. The van der Waals surface area contributed by atoms with Crippen LogP contribution in [0.1, 0.15) is 18.4 Å². The third kappa shape index (κ3) is 4.16. The van der Waals surface area contributed by atoms with Crippen molar-refractivity contribution in [2.24, 2.45) is 0 Å². The van der Waals surface area contributed by atoms with Gasteiger partial charge in [0.15, 0.2) is 0 Å². The van der Waals surface area contributed by atoms with Crippen molar-refractivity contribution < 1.29 is 17.9 Å². The molecule has 2 N–H and O–H groups in total. The Labute approximate surface area is 162 Å². The first-order valence-corrected chi connectivity index (χ1v) is 10.3. The number of halogens is 1. The number of nitrogens with one attached hydrogen (secondary N) is 2. The highest BCUT2D eigenvalue weighted by Gasteiger charge is 2.28. The van der Waals surface area contributed by atoms with Gasteiger partial charge in [0.2, 0.25) is 10.0 Å². The number of benzene rings is 2. The van der Waals surface area contributed by atoms with Crippen LogP contribution in [0.25, 0.3) is 6.08 Å². The minimum Gasteiger partial charge on any atom is -0.488 e. The lowest BCUT2D eigenvalue weighted by Gasteiger charge is -2.18. The molecule has 1 amide bonds. The van der Waals surface area contributed by atoms with Gasteiger partial charge < -0.3 is 10.1 Å². The first-order valence-electron chi connectivity index (χ1n) is 8.47. The Morgan fingerprint density at radius 2 is 1.96 bits per heavy atom. The van der Waals surface area contributed by atoms with E-state index in [2.05, 4.69) is 10.0 Å². The van der Waals surface area contributed by atoms with Gasteiger partial charge in [0, 0.05) is 22.3 Å². The SMILES string of the molecule is O=C(Nc1cccc(S(=O)(=O)NC2CC2)c1)C1=Cc2cc(Cl)ccc2OC1. The van der Waals surface area contributed by atoms with Crippen molar-refractivity contribution in [1.29, 1.82) is 0 Å². The van der Waals surface area contributed by atoms with Crippen molar-refractivity contribution in [2.75, 3.05) is 11.9 Å². The van der Waals surface area contributed by atoms with E-state index in [9.17, 15) is 13.2 Å². The summed E-state index contributed by atoms with van der Waals surface area (Å²) in [6.07, 6.45) is 3.43. The molecule has 0 radical (unpaired) electrons. The lowest BCUT2D eigenvalue weighted by Crippen LogP contribution is -2.26. The van der Waals surface area contributed by atoms with E-state index >= 15 is 0 Å². The van der Waals surface area contributed by atoms with Crippen LogP contribution in [0.4, 0.5) is 5.69 Å². The van der Waals surface area contributed by atoms with E-state index in [1.165, 1.54) is 12.1 Å². The molecule has 0 saturated heterocycles. The number of carbonyl (C=O) groups is 1. The fourth-order valence-electron chi connectivity index (χ4n) is 2.72. The number of carbonyl (C=O) groups excluding carboxylic acids is 1. The predicted molar refractivity (Wildman–Crippen MR) is 103 cm³/mol. The number of rotatable bonds is 5. The van der Waals surface area contributed by atoms with Crippen LogP contribution in [0.5, 0.6) is 5.75 Å². The Morgan fingerprint density at radius 3 is 2.74 bits per heavy atom. The number of sulfonamides is 1. The van der Waals surface area contributed by atoms with Gasteiger partial charge >= 0.3 is 0 Å². The summed E-state index contributed by atoms with van der Waals surface area (Å²) in [5.41, 5.74) is 1.55. The average molecular weight is 405 g/mol. The summed E-state index contributed by atoms with van der Waals surface area (Å²) in [6.45, 7) is 0.127. The Morgan fingerprint density at radius 1 is 1.15 bits per heavy atom. The van der Waals surface area contributed by atoms with Gasteiger partial charge in [-0.05, 0) is 55.3 Å². The van der Waals surface area contributed by atoms with E-state index in [-0.39, 0.29) is 23.5 Å². The second-order valence-corrected chi connectivity index (χ2v) is 8.67. The van der Waals surface area contributed by atoms with Crippen LogP contribution in [0, 0.1) is 0 Å². The molecule has 8 heteroatoms. The number of hydrogen-bond donors (Lipinski definition) is 2. The van der Waals surface area contributed by atoms with Crippen molar-refractivity contribution in [3.05, 3.63) is 58.6 Å². The molecular formula is C19H17ClN2O4S. The maximum absolute atomic E-state index is 12.6. The molecule has 2 aromatic rings. The van der Waals surface area contributed by atoms with E-state index in [1.807, 2.05) is 0 Å². The normalized spacial score (nSPS) is 16.1. The largest absolute Gasteiger partial charge is 0.488 e. The quantitative estimate of drug-likeness (QED) is 0.801. The lowest BCUT2D eigenvalue weighted by molar-refractivity contribution is -0.113. The zero-order valence-corrected chi connectivity index (χ0v) is 15.8. The summed E-state index contributed by atoms with van der Waals surface area (Å²) in [7, 11) is -3.58. The Kier molecular flexibility index (Phi) is 4.67. The second kappa shape index (κ2) is 6.99. The van der Waals surface area contributed by atoms with Crippen LogP contribution in [0.3, 0.4) is 0 Å². The molecule has 1 aliphatic heterocycles. The summed E-state index contributed by atoms with van der Waals surface area (Å²) in [5, 5.41) is 3.28. The van der Waals surface area contributed by atoms with E-state index in [0.717, 1.165) is 18.4 Å². The van der Waals surface area contributed by atoms with E-state index in [0.29, 0.717) is 22.0 Å². The third-order valence-corrected chi connectivity index (χ3v) is 6.03. The van der Waals surface area contributed by atoms with Gasteiger partial charge in [0.05, 0.1) is 10.5 Å². The van der Waals surface area contributed by atoms with Gasteiger partial charge in [-0.1, -0.05) is 17.7 Å². The summed E-state index contributed by atoms with van der Waals surface area (Å²) < 4.78 is 32.9. The summed E-state index contributed by atoms with van der Waals surface area (Å²) in [4.78, 5) is 12.7. The van der Waals surface area contributed by atoms with Gasteiger partial charge in [0.25, 0.3) is 5.91 Å². The number of amides is 1. The van der Waals surface area contributed by atoms with Crippen LogP contribution < -0.4 is 14.8 Å². The lowest BCUT2D eigenvalue weighted by atomic mass is 10.1. The highest BCUT2D eigenvalue weighted by atomic mass is 35.5. The van der Waals surface area contributed by atoms with Gasteiger partial charge in [-0.3, -0.25) is 4.79 Å². The first kappa shape index (κ1) is 18.0. The Hall–Kier alpha value is -2.35. The van der Waals surface area contributed by atoms with Gasteiger partial charge in [0.1, 0.15) is 12.4 Å². The van der Waals surface area contributed by atoms with Gasteiger partial charge in [-0.15, -0.1) is 0 Å². The highest BCUT2D eigenvalue weighted by Crippen LogP contribution is 2.29. The molecule has 1 saturated carbocycles. The van der Waals surface area contributed by atoms with Crippen molar-refractivity contribution in [1.82, 2.24) is 4.72 Å². The molecule has 2 aromatic carbocycles. The van der Waals surface area contributed by atoms with Crippen molar-refractivity contribution in [2.45, 2.75) is 23.8 Å². The molecule has 0 unspecified atom stereocenters. The minimum absolute atomic E-state index is 0.0182. The van der Waals surface area contributed by atoms with Crippen LogP contribution in [0.15, 0.2) is 52.9 Å². The molecule has 4 rings (SSSR count). The molecule has 1 fully saturated rings. The van der Waals surface area contributed by atoms with E-state index in [1.54, 1.807) is 36.4 Å². The number of hydrogen-bond acceptors (Lipinski definition) is 4. The number of anilines is 1. The highest BCUT2D eigenvalue weighted by molar-refractivity contribution is 7.89. The van der Waals surface area contributed by atoms with Crippen LogP contribution in [-0.4, -0.2) is 27.0 Å². The standard InChI is InChI=1S/C19H17ClN2O4S/c20-14-4-7-18-12(9-14)8-13(11-26-18)19(23)21-16-2-1-3-17(10-16)27(24,25)22-15-5-6-15/h1-4,7-10,15,22H,5-6,11H2,(H,21,23). The molecule has 1 aliphatic carbocycles. The monoisotopic (exact) mass is 404 g/mol. The van der Waals surface area contributed by atoms with Crippen molar-refractivity contribution in [3.8, 4) is 5.75 Å². The maximum Gasteiger partial charge on any atom is 0.255 e. The molecule has 0 spiro atoms. The zero-order chi connectivity index (χ0) is 19.0.